The number of hydrogen-bond donors (Lipinski definition) is 3. The van der Waals surface area contributed by atoms with Crippen LogP contribution in [0.5, 0.6) is 0 Å². The Balaban J connectivity index is 5.19. The van der Waals surface area contributed by atoms with Crippen LogP contribution in [0.15, 0.2) is 0 Å². The number of rotatable bonds is 76. The molecule has 19 heteroatoms. The van der Waals surface area contributed by atoms with Crippen molar-refractivity contribution in [2.45, 2.75) is 420 Å². The Morgan fingerprint density at radius 2 is 0.490 bits per heavy atom. The highest BCUT2D eigenvalue weighted by atomic mass is 31.2. The van der Waals surface area contributed by atoms with Crippen molar-refractivity contribution in [1.29, 1.82) is 0 Å². The molecule has 0 amide bonds. The van der Waals surface area contributed by atoms with Crippen LogP contribution in [0, 0.1) is 23.7 Å². The van der Waals surface area contributed by atoms with Gasteiger partial charge in [-0.25, -0.2) is 9.13 Å². The molecule has 0 rings (SSSR count). The van der Waals surface area contributed by atoms with Gasteiger partial charge in [0.15, 0.2) is 12.2 Å². The predicted octanol–water partition coefficient (Wildman–Crippen LogP) is 23.2. The Morgan fingerprint density at radius 1 is 0.286 bits per heavy atom. The van der Waals surface area contributed by atoms with E-state index in [0.29, 0.717) is 31.6 Å². The van der Waals surface area contributed by atoms with Crippen LogP contribution in [-0.2, 0) is 65.4 Å². The van der Waals surface area contributed by atoms with Gasteiger partial charge in [0.2, 0.25) is 0 Å². The molecule has 0 aromatic heterocycles. The zero-order chi connectivity index (χ0) is 72.4. The lowest BCUT2D eigenvalue weighted by molar-refractivity contribution is -0.161. The van der Waals surface area contributed by atoms with E-state index in [4.69, 9.17) is 37.0 Å². The smallest absolute Gasteiger partial charge is 0.462 e. The molecule has 4 unspecified atom stereocenters. The molecule has 17 nitrogen and oxygen atoms in total. The molecule has 0 aromatic rings. The number of unbranched alkanes of at least 4 members (excludes halogenated alkanes) is 41. The van der Waals surface area contributed by atoms with Crippen LogP contribution in [0.3, 0.4) is 0 Å². The fourth-order valence-electron chi connectivity index (χ4n) is 12.0. The fraction of sp³-hybridized carbons (Fsp3) is 0.949. The van der Waals surface area contributed by atoms with Crippen LogP contribution >= 0.6 is 15.6 Å². The van der Waals surface area contributed by atoms with Gasteiger partial charge in [0.05, 0.1) is 26.4 Å². The first kappa shape index (κ1) is 96.1. The van der Waals surface area contributed by atoms with E-state index in [0.717, 1.165) is 114 Å². The van der Waals surface area contributed by atoms with Crippen LogP contribution < -0.4 is 0 Å². The van der Waals surface area contributed by atoms with E-state index < -0.39 is 97.5 Å². The fourth-order valence-corrected chi connectivity index (χ4v) is 13.6. The van der Waals surface area contributed by atoms with Crippen molar-refractivity contribution in [3.63, 3.8) is 0 Å². The summed E-state index contributed by atoms with van der Waals surface area (Å²) >= 11 is 0. The third-order valence-electron chi connectivity index (χ3n) is 18.7. The van der Waals surface area contributed by atoms with E-state index in [9.17, 15) is 43.2 Å². The number of phosphoric acid groups is 2. The lowest BCUT2D eigenvalue weighted by Gasteiger charge is -2.21. The number of aliphatic hydroxyl groups excluding tert-OH is 1. The second-order valence-electron chi connectivity index (χ2n) is 30.1. The highest BCUT2D eigenvalue weighted by molar-refractivity contribution is 7.47. The van der Waals surface area contributed by atoms with E-state index >= 15 is 0 Å². The first-order chi connectivity index (χ1) is 47.1. The van der Waals surface area contributed by atoms with Gasteiger partial charge in [0.1, 0.15) is 19.3 Å². The summed E-state index contributed by atoms with van der Waals surface area (Å²) in [5, 5.41) is 10.6. The average Bonchev–Trinajstić information content (AvgIpc) is 1.07. The van der Waals surface area contributed by atoms with E-state index in [2.05, 4.69) is 55.4 Å². The Morgan fingerprint density at radius 3 is 0.724 bits per heavy atom. The van der Waals surface area contributed by atoms with Crippen LogP contribution in [0.2, 0.25) is 0 Å². The van der Waals surface area contributed by atoms with Gasteiger partial charge in [-0.05, 0) is 49.4 Å². The largest absolute Gasteiger partial charge is 0.472 e. The maximum absolute atomic E-state index is 13.1. The maximum atomic E-state index is 13.1. The molecule has 0 aliphatic carbocycles. The van der Waals surface area contributed by atoms with Crippen molar-refractivity contribution in [2.24, 2.45) is 23.7 Å². The van der Waals surface area contributed by atoms with E-state index in [1.54, 1.807) is 0 Å². The minimum atomic E-state index is -4.96. The monoisotopic (exact) mass is 1440 g/mol. The Kier molecular flexibility index (Phi) is 66.8. The molecule has 0 bridgehead atoms. The Labute approximate surface area is 600 Å². The molecule has 0 heterocycles. The first-order valence-corrected chi connectivity index (χ1v) is 43.7. The third kappa shape index (κ3) is 71.1. The van der Waals surface area contributed by atoms with Crippen LogP contribution in [0.1, 0.15) is 402 Å². The van der Waals surface area contributed by atoms with Crippen molar-refractivity contribution < 1.29 is 80.2 Å². The van der Waals surface area contributed by atoms with Gasteiger partial charge in [-0.1, -0.05) is 351 Å². The highest BCUT2D eigenvalue weighted by Gasteiger charge is 2.30. The quantitative estimate of drug-likeness (QED) is 0.0222. The van der Waals surface area contributed by atoms with Gasteiger partial charge in [-0.2, -0.15) is 0 Å². The van der Waals surface area contributed by atoms with Gasteiger partial charge in [0, 0.05) is 25.7 Å². The van der Waals surface area contributed by atoms with E-state index in [1.165, 1.54) is 199 Å². The second kappa shape index (κ2) is 68.2. The molecule has 582 valence electrons. The van der Waals surface area contributed by atoms with Gasteiger partial charge < -0.3 is 33.8 Å². The molecule has 98 heavy (non-hydrogen) atoms. The zero-order valence-electron chi connectivity index (χ0n) is 64.4. The Hall–Kier alpha value is -1.94. The molecule has 0 radical (unpaired) electrons. The molecule has 0 fully saturated rings. The molecular formula is C79H154O17P2. The van der Waals surface area contributed by atoms with Gasteiger partial charge in [-0.15, -0.1) is 0 Å². The molecule has 6 atom stereocenters. The van der Waals surface area contributed by atoms with Gasteiger partial charge in [-0.3, -0.25) is 37.3 Å². The normalized spacial score (nSPS) is 14.3. The van der Waals surface area contributed by atoms with Crippen molar-refractivity contribution in [3.05, 3.63) is 0 Å². The predicted molar refractivity (Wildman–Crippen MR) is 400 cm³/mol. The number of hydrogen-bond acceptors (Lipinski definition) is 15. The molecule has 0 saturated carbocycles. The zero-order valence-corrected chi connectivity index (χ0v) is 66.2. The highest BCUT2D eigenvalue weighted by Crippen LogP contribution is 2.45. The van der Waals surface area contributed by atoms with Crippen LogP contribution in [0.25, 0.3) is 0 Å². The summed E-state index contributed by atoms with van der Waals surface area (Å²) in [6.45, 7) is 14.2. The van der Waals surface area contributed by atoms with Crippen LogP contribution in [0.4, 0.5) is 0 Å². The molecule has 0 aliphatic rings. The topological polar surface area (TPSA) is 237 Å². The van der Waals surface area contributed by atoms with Crippen molar-refractivity contribution in [2.75, 3.05) is 39.6 Å². The number of esters is 4. The molecular weight excluding hydrogens is 1280 g/mol. The van der Waals surface area contributed by atoms with E-state index in [1.807, 2.05) is 0 Å². The first-order valence-electron chi connectivity index (χ1n) is 40.7. The number of aliphatic hydroxyl groups is 1. The molecule has 0 spiro atoms. The molecule has 0 aromatic carbocycles. The summed E-state index contributed by atoms with van der Waals surface area (Å²) in [5.74, 6) is 0.922. The lowest BCUT2D eigenvalue weighted by atomic mass is 10.00. The van der Waals surface area contributed by atoms with E-state index in [-0.39, 0.29) is 25.7 Å². The number of ether oxygens (including phenoxy) is 4. The minimum Gasteiger partial charge on any atom is -0.462 e. The van der Waals surface area contributed by atoms with Crippen molar-refractivity contribution in [1.82, 2.24) is 0 Å². The number of phosphoric ester groups is 2. The molecule has 0 saturated heterocycles. The number of carbonyl (C=O) groups is 4. The van der Waals surface area contributed by atoms with Crippen LogP contribution in [-0.4, -0.2) is 96.7 Å². The number of carbonyl (C=O) groups excluding carboxylic acids is 4. The van der Waals surface area contributed by atoms with Crippen molar-refractivity contribution in [3.8, 4) is 0 Å². The third-order valence-corrected chi connectivity index (χ3v) is 20.6. The van der Waals surface area contributed by atoms with Crippen molar-refractivity contribution >= 4 is 39.5 Å². The molecule has 0 aliphatic heterocycles. The maximum Gasteiger partial charge on any atom is 0.472 e. The summed E-state index contributed by atoms with van der Waals surface area (Å²) in [4.78, 5) is 72.8. The summed E-state index contributed by atoms with van der Waals surface area (Å²) < 4.78 is 68.6. The van der Waals surface area contributed by atoms with Gasteiger partial charge >= 0.3 is 39.5 Å². The summed E-state index contributed by atoms with van der Waals surface area (Å²) in [7, 11) is -9.92. The average molecular weight is 1440 g/mol. The summed E-state index contributed by atoms with van der Waals surface area (Å²) in [6.07, 6.45) is 54.4. The summed E-state index contributed by atoms with van der Waals surface area (Å²) in [5.41, 5.74) is 0. The standard InChI is InChI=1S/C79H154O17P2/c1-9-72(8)58-50-42-37-38-46-54-62-79(84)96-75(66-90-77(82)60-52-44-36-30-33-41-49-57-71(6)7)68-94-98(87,88)92-64-73(80)63-91-97(85,86)93-67-74(95-78(83)61-53-45-35-29-25-21-17-16-19-23-27-32-40-48-56-70(4)5)65-89-76(81)59-51-43-34-28-24-20-15-13-11-10-12-14-18-22-26-31-39-47-55-69(2)3/h69-75,80H,9-68H2,1-8H3,(H,85,86)(H,87,88)/t72?,73?,74-,75-/m1/s1. The molecule has 3 N–H and O–H groups in total. The Bertz CT molecular complexity index is 1920. The lowest BCUT2D eigenvalue weighted by Crippen LogP contribution is -2.30. The minimum absolute atomic E-state index is 0.102. The summed E-state index contributed by atoms with van der Waals surface area (Å²) in [6, 6.07) is 0. The van der Waals surface area contributed by atoms with Gasteiger partial charge in [0.25, 0.3) is 0 Å². The SMILES string of the molecule is CCC(C)CCCCCCCCC(=O)O[C@H](COC(=O)CCCCCCCCCC(C)C)COP(=O)(O)OCC(O)COP(=O)(O)OC[C@@H](COC(=O)CCCCCCCCCCCCCCCCCCCCC(C)C)OC(=O)CCCCCCCCCCCCCCCCC(C)C. The second-order valence-corrected chi connectivity index (χ2v) is 33.0.